The maximum atomic E-state index is 12.2. The number of nitrogens with two attached hydrogens (primary N) is 1. The van der Waals surface area contributed by atoms with E-state index in [-0.39, 0.29) is 5.78 Å². The van der Waals surface area contributed by atoms with Crippen molar-refractivity contribution in [2.45, 2.75) is 6.92 Å². The van der Waals surface area contributed by atoms with E-state index in [0.717, 1.165) is 5.56 Å². The van der Waals surface area contributed by atoms with E-state index in [1.165, 1.54) is 0 Å². The van der Waals surface area contributed by atoms with Crippen molar-refractivity contribution in [1.82, 2.24) is 0 Å². The fraction of sp³-hybridized carbons (Fsp3) is 0.0714. The summed E-state index contributed by atoms with van der Waals surface area (Å²) < 4.78 is 0. The average molecular weight is 246 g/mol. The van der Waals surface area contributed by atoms with Crippen LogP contribution in [0, 0.1) is 6.92 Å². The number of hydrogen-bond donors (Lipinski definition) is 1. The first-order valence-corrected chi connectivity index (χ1v) is 5.62. The quantitative estimate of drug-likeness (QED) is 0.650. The SMILES string of the molecule is Cc1cccc(C(=O)c2ccc(Cl)cc2N)c1. The zero-order valence-corrected chi connectivity index (χ0v) is 10.2. The van der Waals surface area contributed by atoms with Crippen LogP contribution in [0.15, 0.2) is 42.5 Å². The number of hydrogen-bond acceptors (Lipinski definition) is 2. The van der Waals surface area contributed by atoms with Gasteiger partial charge in [0.25, 0.3) is 0 Å². The molecule has 0 atom stereocenters. The third-order valence-electron chi connectivity index (χ3n) is 2.54. The highest BCUT2D eigenvalue weighted by Gasteiger charge is 2.12. The van der Waals surface area contributed by atoms with Gasteiger partial charge in [0.05, 0.1) is 0 Å². The molecule has 2 N–H and O–H groups in total. The smallest absolute Gasteiger partial charge is 0.195 e. The molecule has 0 saturated carbocycles. The predicted octanol–water partition coefficient (Wildman–Crippen LogP) is 3.46. The van der Waals surface area contributed by atoms with Crippen molar-refractivity contribution in [3.8, 4) is 0 Å². The average Bonchev–Trinajstić information content (AvgIpc) is 2.28. The Hall–Kier alpha value is -1.80. The molecule has 0 aromatic heterocycles. The van der Waals surface area contributed by atoms with Gasteiger partial charge < -0.3 is 5.73 Å². The number of halogens is 1. The molecule has 0 fully saturated rings. The van der Waals surface area contributed by atoms with Crippen molar-refractivity contribution in [3.63, 3.8) is 0 Å². The number of anilines is 1. The Morgan fingerprint density at radius 1 is 1.18 bits per heavy atom. The minimum Gasteiger partial charge on any atom is -0.398 e. The fourth-order valence-corrected chi connectivity index (χ4v) is 1.86. The van der Waals surface area contributed by atoms with Gasteiger partial charge in [-0.3, -0.25) is 4.79 Å². The first-order chi connectivity index (χ1) is 8.08. The molecule has 0 aliphatic carbocycles. The molecule has 3 heteroatoms. The van der Waals surface area contributed by atoms with Gasteiger partial charge >= 0.3 is 0 Å². The van der Waals surface area contributed by atoms with Crippen LogP contribution < -0.4 is 5.73 Å². The van der Waals surface area contributed by atoms with E-state index in [9.17, 15) is 4.79 Å². The molecule has 0 aliphatic rings. The molecular formula is C14H12ClNO. The lowest BCUT2D eigenvalue weighted by molar-refractivity contribution is 0.103. The molecule has 0 heterocycles. The van der Waals surface area contributed by atoms with E-state index in [2.05, 4.69) is 0 Å². The molecule has 0 saturated heterocycles. The summed E-state index contributed by atoms with van der Waals surface area (Å²) in [7, 11) is 0. The number of benzene rings is 2. The van der Waals surface area contributed by atoms with Crippen molar-refractivity contribution in [2.75, 3.05) is 5.73 Å². The summed E-state index contributed by atoms with van der Waals surface area (Å²) >= 11 is 5.80. The third-order valence-corrected chi connectivity index (χ3v) is 2.77. The first kappa shape index (κ1) is 11.7. The lowest BCUT2D eigenvalue weighted by Crippen LogP contribution is -2.05. The predicted molar refractivity (Wildman–Crippen MR) is 70.5 cm³/mol. The highest BCUT2D eigenvalue weighted by Crippen LogP contribution is 2.21. The van der Waals surface area contributed by atoms with Gasteiger partial charge in [-0.1, -0.05) is 35.4 Å². The van der Waals surface area contributed by atoms with E-state index in [4.69, 9.17) is 17.3 Å². The maximum Gasteiger partial charge on any atom is 0.195 e. The maximum absolute atomic E-state index is 12.2. The van der Waals surface area contributed by atoms with Gasteiger partial charge in [-0.05, 0) is 31.2 Å². The van der Waals surface area contributed by atoms with Crippen LogP contribution in [0.5, 0.6) is 0 Å². The Morgan fingerprint density at radius 2 is 1.94 bits per heavy atom. The lowest BCUT2D eigenvalue weighted by atomic mass is 10.0. The minimum atomic E-state index is -0.0807. The zero-order valence-electron chi connectivity index (χ0n) is 9.41. The Morgan fingerprint density at radius 3 is 2.59 bits per heavy atom. The summed E-state index contributed by atoms with van der Waals surface area (Å²) in [6, 6.07) is 12.3. The van der Waals surface area contributed by atoms with Gasteiger partial charge in [-0.25, -0.2) is 0 Å². The summed E-state index contributed by atoms with van der Waals surface area (Å²) in [6.07, 6.45) is 0. The third kappa shape index (κ3) is 2.48. The zero-order chi connectivity index (χ0) is 12.4. The van der Waals surface area contributed by atoms with Gasteiger partial charge in [-0.15, -0.1) is 0 Å². The second-order valence-corrected chi connectivity index (χ2v) is 4.37. The van der Waals surface area contributed by atoms with Crippen LogP contribution in [0.4, 0.5) is 5.69 Å². The Kier molecular flexibility index (Phi) is 3.16. The molecule has 2 nitrogen and oxygen atoms in total. The van der Waals surface area contributed by atoms with E-state index < -0.39 is 0 Å². The van der Waals surface area contributed by atoms with E-state index in [1.807, 2.05) is 25.1 Å². The molecule has 2 aromatic rings. The number of aryl methyl sites for hydroxylation is 1. The summed E-state index contributed by atoms with van der Waals surface area (Å²) in [6.45, 7) is 1.95. The number of carbonyl (C=O) groups is 1. The van der Waals surface area contributed by atoms with Crippen LogP contribution >= 0.6 is 11.6 Å². The summed E-state index contributed by atoms with van der Waals surface area (Å²) in [5, 5.41) is 0.531. The van der Waals surface area contributed by atoms with Crippen molar-refractivity contribution in [1.29, 1.82) is 0 Å². The molecule has 0 amide bonds. The molecule has 2 aromatic carbocycles. The Labute approximate surface area is 105 Å². The van der Waals surface area contributed by atoms with Gasteiger partial charge in [0.15, 0.2) is 5.78 Å². The molecule has 17 heavy (non-hydrogen) atoms. The van der Waals surface area contributed by atoms with Gasteiger partial charge in [0.2, 0.25) is 0 Å². The van der Waals surface area contributed by atoms with Crippen LogP contribution in [0.3, 0.4) is 0 Å². The second kappa shape index (κ2) is 4.60. The number of rotatable bonds is 2. The standard InChI is InChI=1S/C14H12ClNO/c1-9-3-2-4-10(7-9)14(17)12-6-5-11(15)8-13(12)16/h2-8H,16H2,1H3. The normalized spacial score (nSPS) is 10.2. The summed E-state index contributed by atoms with van der Waals surface area (Å²) in [4.78, 5) is 12.2. The first-order valence-electron chi connectivity index (χ1n) is 5.24. The van der Waals surface area contributed by atoms with Gasteiger partial charge in [0, 0.05) is 21.8 Å². The van der Waals surface area contributed by atoms with Crippen LogP contribution in [0.2, 0.25) is 5.02 Å². The van der Waals surface area contributed by atoms with Gasteiger partial charge in [0.1, 0.15) is 0 Å². The van der Waals surface area contributed by atoms with Crippen LogP contribution in [0.1, 0.15) is 21.5 Å². The molecule has 0 radical (unpaired) electrons. The fourth-order valence-electron chi connectivity index (χ4n) is 1.68. The summed E-state index contributed by atoms with van der Waals surface area (Å²) in [5.41, 5.74) is 8.37. The second-order valence-electron chi connectivity index (χ2n) is 3.93. The van der Waals surface area contributed by atoms with Crippen LogP contribution in [0.25, 0.3) is 0 Å². The largest absolute Gasteiger partial charge is 0.398 e. The van der Waals surface area contributed by atoms with E-state index >= 15 is 0 Å². The van der Waals surface area contributed by atoms with Crippen LogP contribution in [-0.2, 0) is 0 Å². The number of ketones is 1. The van der Waals surface area contributed by atoms with E-state index in [1.54, 1.807) is 24.3 Å². The van der Waals surface area contributed by atoms with Gasteiger partial charge in [-0.2, -0.15) is 0 Å². The molecule has 86 valence electrons. The summed E-state index contributed by atoms with van der Waals surface area (Å²) in [5.74, 6) is -0.0807. The molecule has 0 bridgehead atoms. The highest BCUT2D eigenvalue weighted by molar-refractivity contribution is 6.31. The topological polar surface area (TPSA) is 43.1 Å². The molecule has 0 aliphatic heterocycles. The Bertz CT molecular complexity index is 578. The van der Waals surface area contributed by atoms with Crippen molar-refractivity contribution >= 4 is 23.1 Å². The van der Waals surface area contributed by atoms with Crippen LogP contribution in [-0.4, -0.2) is 5.78 Å². The lowest BCUT2D eigenvalue weighted by Gasteiger charge is -2.06. The molecule has 0 unspecified atom stereocenters. The highest BCUT2D eigenvalue weighted by atomic mass is 35.5. The van der Waals surface area contributed by atoms with Crippen molar-refractivity contribution < 1.29 is 4.79 Å². The number of nitrogen functional groups attached to an aromatic ring is 1. The minimum absolute atomic E-state index is 0.0807. The molecular weight excluding hydrogens is 234 g/mol. The van der Waals surface area contributed by atoms with Crippen molar-refractivity contribution in [3.05, 3.63) is 64.2 Å². The van der Waals surface area contributed by atoms with Crippen molar-refractivity contribution in [2.24, 2.45) is 0 Å². The molecule has 0 spiro atoms. The number of carbonyl (C=O) groups excluding carboxylic acids is 1. The molecule has 2 rings (SSSR count). The monoisotopic (exact) mass is 245 g/mol. The van der Waals surface area contributed by atoms with E-state index in [0.29, 0.717) is 21.8 Å². The Balaban J connectivity index is 2.44.